The topological polar surface area (TPSA) is 77.6 Å². The van der Waals surface area contributed by atoms with Crippen LogP contribution in [0.4, 0.5) is 5.69 Å². The van der Waals surface area contributed by atoms with Crippen molar-refractivity contribution >= 4 is 17.8 Å². The van der Waals surface area contributed by atoms with Crippen LogP contribution in [0.25, 0.3) is 0 Å². The summed E-state index contributed by atoms with van der Waals surface area (Å²) in [6.07, 6.45) is 6.93. The van der Waals surface area contributed by atoms with Crippen LogP contribution in [0.1, 0.15) is 10.4 Å². The summed E-state index contributed by atoms with van der Waals surface area (Å²) in [5.74, 6) is 0.642. The third-order valence-electron chi connectivity index (χ3n) is 3.27. The molecule has 2 aliphatic heterocycles. The van der Waals surface area contributed by atoms with Gasteiger partial charge in [0.2, 0.25) is 0 Å². The number of anilines is 1. The number of nitrogens with zero attached hydrogens (tertiary/aromatic N) is 1. The van der Waals surface area contributed by atoms with Gasteiger partial charge in [0.05, 0.1) is 23.5 Å². The van der Waals surface area contributed by atoms with Crippen LogP contribution in [0, 0.1) is 0 Å². The first-order valence-electron chi connectivity index (χ1n) is 6.85. The molecule has 3 rings (SSSR count). The Labute approximate surface area is 123 Å². The molecule has 1 fully saturated rings. The van der Waals surface area contributed by atoms with Crippen molar-refractivity contribution in [1.82, 2.24) is 16.0 Å². The maximum atomic E-state index is 12.3. The molecule has 0 spiro atoms. The molecule has 0 bridgehead atoms. The molecule has 1 aromatic rings. The number of hydrogen-bond donors (Lipinski definition) is 4. The third-order valence-corrected chi connectivity index (χ3v) is 3.27. The molecule has 0 atom stereocenters. The molecule has 6 heteroatoms. The van der Waals surface area contributed by atoms with E-state index in [-0.39, 0.29) is 11.9 Å². The highest BCUT2D eigenvalue weighted by atomic mass is 16.1. The summed E-state index contributed by atoms with van der Waals surface area (Å²) < 4.78 is 0. The van der Waals surface area contributed by atoms with E-state index in [0.29, 0.717) is 11.4 Å². The summed E-state index contributed by atoms with van der Waals surface area (Å²) in [6.45, 7) is 1.65. The van der Waals surface area contributed by atoms with Gasteiger partial charge in [-0.1, -0.05) is 12.1 Å². The lowest BCUT2D eigenvalue weighted by Crippen LogP contribution is -2.57. The number of amides is 1. The van der Waals surface area contributed by atoms with Gasteiger partial charge in [0.1, 0.15) is 5.82 Å². The number of aliphatic imine (C=N–C) groups is 1. The van der Waals surface area contributed by atoms with E-state index in [1.54, 1.807) is 30.8 Å². The molecular weight excluding hydrogens is 266 g/mol. The van der Waals surface area contributed by atoms with Gasteiger partial charge in [-0.15, -0.1) is 0 Å². The van der Waals surface area contributed by atoms with Crippen LogP contribution < -0.4 is 21.3 Å². The lowest BCUT2D eigenvalue weighted by atomic mass is 10.1. The van der Waals surface area contributed by atoms with Crippen molar-refractivity contribution < 1.29 is 4.79 Å². The highest BCUT2D eigenvalue weighted by Crippen LogP contribution is 2.17. The molecule has 0 saturated carbocycles. The van der Waals surface area contributed by atoms with E-state index >= 15 is 0 Å². The Balaban J connectivity index is 1.75. The highest BCUT2D eigenvalue weighted by molar-refractivity contribution is 6.00. The minimum absolute atomic E-state index is 0.0714. The van der Waals surface area contributed by atoms with E-state index in [4.69, 9.17) is 0 Å². The second kappa shape index (κ2) is 6.23. The number of carbonyl (C=O) groups is 1. The normalized spacial score (nSPS) is 17.2. The van der Waals surface area contributed by atoms with Crippen molar-refractivity contribution in [2.75, 3.05) is 18.4 Å². The summed E-state index contributed by atoms with van der Waals surface area (Å²) in [5.41, 5.74) is 1.36. The Hall–Kier alpha value is -2.60. The van der Waals surface area contributed by atoms with Crippen molar-refractivity contribution in [1.29, 1.82) is 0 Å². The van der Waals surface area contributed by atoms with Gasteiger partial charge < -0.3 is 21.3 Å². The van der Waals surface area contributed by atoms with Gasteiger partial charge in [0.25, 0.3) is 5.91 Å². The smallest absolute Gasteiger partial charge is 0.253 e. The summed E-state index contributed by atoms with van der Waals surface area (Å²) in [5, 5.41) is 12.4. The van der Waals surface area contributed by atoms with Gasteiger partial charge in [0, 0.05) is 25.5 Å². The molecule has 21 heavy (non-hydrogen) atoms. The van der Waals surface area contributed by atoms with Crippen molar-refractivity contribution in [3.05, 3.63) is 54.1 Å². The fourth-order valence-corrected chi connectivity index (χ4v) is 2.04. The fourth-order valence-electron chi connectivity index (χ4n) is 2.04. The van der Waals surface area contributed by atoms with E-state index in [1.807, 2.05) is 18.2 Å². The van der Waals surface area contributed by atoms with Gasteiger partial charge in [-0.05, 0) is 18.2 Å². The highest BCUT2D eigenvalue weighted by Gasteiger charge is 2.21. The third kappa shape index (κ3) is 3.29. The molecule has 4 N–H and O–H groups in total. The lowest BCUT2D eigenvalue weighted by molar-refractivity contribution is 0.0925. The molecule has 0 radical (unpaired) electrons. The second-order valence-electron chi connectivity index (χ2n) is 4.84. The maximum absolute atomic E-state index is 12.3. The Morgan fingerprint density at radius 2 is 2.14 bits per heavy atom. The largest absolute Gasteiger partial charge is 0.347 e. The Kier molecular flexibility index (Phi) is 3.97. The molecule has 1 amide bonds. The molecule has 108 valence electrons. The van der Waals surface area contributed by atoms with Gasteiger partial charge in [-0.3, -0.25) is 9.79 Å². The van der Waals surface area contributed by atoms with Crippen LogP contribution >= 0.6 is 0 Å². The minimum atomic E-state index is -0.0714. The predicted molar refractivity (Wildman–Crippen MR) is 83.0 cm³/mol. The van der Waals surface area contributed by atoms with Crippen LogP contribution in [0.2, 0.25) is 0 Å². The number of carbonyl (C=O) groups excluding carboxylic acids is 1. The number of benzene rings is 1. The van der Waals surface area contributed by atoms with Crippen molar-refractivity contribution in [3.63, 3.8) is 0 Å². The van der Waals surface area contributed by atoms with Crippen molar-refractivity contribution in [2.45, 2.75) is 6.04 Å². The Morgan fingerprint density at radius 3 is 2.95 bits per heavy atom. The minimum Gasteiger partial charge on any atom is -0.347 e. The average molecular weight is 283 g/mol. The van der Waals surface area contributed by atoms with Crippen LogP contribution in [-0.2, 0) is 0 Å². The zero-order valence-electron chi connectivity index (χ0n) is 11.5. The molecule has 1 saturated heterocycles. The number of hydrogen-bond acceptors (Lipinski definition) is 5. The summed E-state index contributed by atoms with van der Waals surface area (Å²) in [6, 6.07) is 7.63. The molecule has 1 aromatic carbocycles. The Bertz CT molecular complexity index is 616. The van der Waals surface area contributed by atoms with Gasteiger partial charge in [0.15, 0.2) is 0 Å². The SMILES string of the molecule is O=C(NC1CNC1)c1ccccc1NC1=CN=CC=CN1. The standard InChI is InChI=1S/C15H17N5O/c21-15(19-11-8-17-9-11)12-4-1-2-5-13(12)20-14-10-16-6-3-7-18-14/h1-7,10-11,17-18,20H,8-9H2,(H,19,21). The fraction of sp³-hybridized carbons (Fsp3) is 0.200. The molecule has 0 aromatic heterocycles. The van der Waals surface area contributed by atoms with Gasteiger partial charge in [-0.2, -0.15) is 0 Å². The van der Waals surface area contributed by atoms with E-state index in [9.17, 15) is 4.79 Å². The summed E-state index contributed by atoms with van der Waals surface area (Å²) >= 11 is 0. The number of nitrogens with one attached hydrogen (secondary N) is 4. The van der Waals surface area contributed by atoms with Gasteiger partial charge in [-0.25, -0.2) is 0 Å². The zero-order chi connectivity index (χ0) is 14.5. The van der Waals surface area contributed by atoms with E-state index in [0.717, 1.165) is 18.8 Å². The monoisotopic (exact) mass is 283 g/mol. The van der Waals surface area contributed by atoms with Crippen LogP contribution in [0.3, 0.4) is 0 Å². The molecular formula is C15H17N5O. The van der Waals surface area contributed by atoms with Crippen LogP contribution in [0.5, 0.6) is 0 Å². The first-order chi connectivity index (χ1) is 10.3. The summed E-state index contributed by atoms with van der Waals surface area (Å²) in [7, 11) is 0. The second-order valence-corrected chi connectivity index (χ2v) is 4.84. The molecule has 6 nitrogen and oxygen atoms in total. The van der Waals surface area contributed by atoms with E-state index in [1.165, 1.54) is 0 Å². The number of para-hydroxylation sites is 1. The van der Waals surface area contributed by atoms with Crippen LogP contribution in [-0.4, -0.2) is 31.3 Å². The van der Waals surface area contributed by atoms with Crippen molar-refractivity contribution in [3.8, 4) is 0 Å². The van der Waals surface area contributed by atoms with E-state index < -0.39 is 0 Å². The molecule has 2 heterocycles. The van der Waals surface area contributed by atoms with E-state index in [2.05, 4.69) is 26.3 Å². The number of allylic oxidation sites excluding steroid dienone is 1. The van der Waals surface area contributed by atoms with Gasteiger partial charge >= 0.3 is 0 Å². The van der Waals surface area contributed by atoms with Crippen LogP contribution in [0.15, 0.2) is 53.6 Å². The quantitative estimate of drug-likeness (QED) is 0.659. The maximum Gasteiger partial charge on any atom is 0.253 e. The summed E-state index contributed by atoms with van der Waals surface area (Å²) in [4.78, 5) is 16.4. The predicted octanol–water partition coefficient (Wildman–Crippen LogP) is 0.787. The lowest BCUT2D eigenvalue weighted by Gasteiger charge is -2.28. The number of rotatable bonds is 4. The van der Waals surface area contributed by atoms with Crippen molar-refractivity contribution in [2.24, 2.45) is 4.99 Å². The zero-order valence-corrected chi connectivity index (χ0v) is 11.5. The molecule has 2 aliphatic rings. The molecule has 0 unspecified atom stereocenters. The first-order valence-corrected chi connectivity index (χ1v) is 6.85. The first kappa shape index (κ1) is 13.4. The Morgan fingerprint density at radius 1 is 1.29 bits per heavy atom. The molecule has 0 aliphatic carbocycles. The average Bonchev–Trinajstić information content (AvgIpc) is 2.72.